The zero-order valence-electron chi connectivity index (χ0n) is 26.2. The number of hydrazine groups is 2. The molecule has 1 saturated heterocycles. The van der Waals surface area contributed by atoms with E-state index in [1.54, 1.807) is 14.1 Å². The average molecular weight is 668 g/mol. The fourth-order valence-corrected chi connectivity index (χ4v) is 5.95. The summed E-state index contributed by atoms with van der Waals surface area (Å²) in [6, 6.07) is 4.81. The van der Waals surface area contributed by atoms with Gasteiger partial charge in [0.1, 0.15) is 0 Å². The maximum atomic E-state index is 14.0. The van der Waals surface area contributed by atoms with Gasteiger partial charge in [-0.2, -0.15) is 39.5 Å². The number of nitrogens with one attached hydrogen (secondary N) is 1. The third-order valence-corrected chi connectivity index (χ3v) is 8.50. The molecule has 2 aromatic carbocycles. The highest BCUT2D eigenvalue weighted by molar-refractivity contribution is 5.80. The van der Waals surface area contributed by atoms with E-state index in [4.69, 9.17) is 0 Å². The lowest BCUT2D eigenvalue weighted by molar-refractivity contribution is -0.143. The Labute approximate surface area is 262 Å². The van der Waals surface area contributed by atoms with E-state index in [1.165, 1.54) is 21.2 Å². The van der Waals surface area contributed by atoms with Crippen molar-refractivity contribution in [2.75, 3.05) is 41.3 Å². The molecule has 2 aliphatic rings. The summed E-state index contributed by atoms with van der Waals surface area (Å²) in [5.74, 6) is 0.0409. The van der Waals surface area contributed by atoms with E-state index in [9.17, 15) is 39.5 Å². The van der Waals surface area contributed by atoms with E-state index in [2.05, 4.69) is 20.3 Å². The number of halogens is 9. The first kappa shape index (κ1) is 35.6. The molecule has 1 atom stereocenters. The Kier molecular flexibility index (Phi) is 10.4. The highest BCUT2D eigenvalue weighted by atomic mass is 19.4. The Balaban J connectivity index is 1.79. The third-order valence-electron chi connectivity index (χ3n) is 8.50. The standard InChI is InChI=1S/C30H38F9N7/c1-6-26(45-11-9-24(10-12-45)42(2)3)25-8-7-21(28(31,32)33)15-20(25)18-46(27-40-43(4)44(5)41-27)17-19-13-22(29(34,35)36)16-23(14-19)30(37,38)39/h7-8,13-16,24,26H,6,9-12,17-18H2,1-5H3,(H,40,41). The molecule has 0 aliphatic carbocycles. The molecular formula is C30H38F9N7. The minimum absolute atomic E-state index is 0.0387. The summed E-state index contributed by atoms with van der Waals surface area (Å²) in [5, 5.41) is 7.04. The lowest BCUT2D eigenvalue weighted by Gasteiger charge is -2.40. The predicted molar refractivity (Wildman–Crippen MR) is 155 cm³/mol. The van der Waals surface area contributed by atoms with Crippen molar-refractivity contribution in [3.63, 3.8) is 0 Å². The van der Waals surface area contributed by atoms with Gasteiger partial charge in [-0.25, -0.2) is 5.12 Å². The minimum atomic E-state index is -5.06. The Bertz CT molecular complexity index is 1350. The summed E-state index contributed by atoms with van der Waals surface area (Å²) in [4.78, 5) is 5.70. The monoisotopic (exact) mass is 667 g/mol. The number of hydrogen-bond donors (Lipinski definition) is 1. The quantitative estimate of drug-likeness (QED) is 0.313. The van der Waals surface area contributed by atoms with Gasteiger partial charge in [-0.1, -0.05) is 13.0 Å². The van der Waals surface area contributed by atoms with Crippen LogP contribution in [-0.2, 0) is 31.6 Å². The van der Waals surface area contributed by atoms with Crippen LogP contribution in [0.5, 0.6) is 0 Å². The molecule has 2 aromatic rings. The number of benzene rings is 2. The minimum Gasteiger partial charge on any atom is -0.332 e. The van der Waals surface area contributed by atoms with Crippen LogP contribution in [0.1, 0.15) is 65.6 Å². The summed E-state index contributed by atoms with van der Waals surface area (Å²) in [6.45, 7) is 2.55. The van der Waals surface area contributed by atoms with Gasteiger partial charge in [-0.05, 0) is 80.4 Å². The fraction of sp³-hybridized carbons (Fsp3) is 0.567. The molecule has 16 heteroatoms. The molecule has 0 amide bonds. The van der Waals surface area contributed by atoms with Crippen LogP contribution < -0.4 is 5.43 Å². The number of piperidine rings is 1. The Morgan fingerprint density at radius 1 is 0.826 bits per heavy atom. The Hall–Kier alpha value is -3.24. The van der Waals surface area contributed by atoms with Gasteiger partial charge in [-0.15, -0.1) is 10.2 Å². The molecule has 0 saturated carbocycles. The van der Waals surface area contributed by atoms with Crippen molar-refractivity contribution in [1.29, 1.82) is 0 Å². The molecule has 1 unspecified atom stereocenters. The topological polar surface area (TPSA) is 40.6 Å². The summed E-state index contributed by atoms with van der Waals surface area (Å²) >= 11 is 0. The normalized spacial score (nSPS) is 18.2. The first-order valence-electron chi connectivity index (χ1n) is 14.7. The van der Waals surface area contributed by atoms with Crippen molar-refractivity contribution < 1.29 is 39.5 Å². The van der Waals surface area contributed by atoms with Gasteiger partial charge in [0.25, 0.3) is 0 Å². The van der Waals surface area contributed by atoms with Crippen molar-refractivity contribution in [3.05, 3.63) is 69.8 Å². The van der Waals surface area contributed by atoms with Crippen molar-refractivity contribution in [2.45, 2.75) is 69.9 Å². The van der Waals surface area contributed by atoms with Gasteiger partial charge in [0.2, 0.25) is 5.96 Å². The van der Waals surface area contributed by atoms with Crippen LogP contribution in [0.2, 0.25) is 0 Å². The molecule has 4 rings (SSSR count). The SMILES string of the molecule is CCC(c1ccc(C(F)(F)F)cc1CN(Cc1cc(C(F)(F)F)cc(C(F)(F)F)c1)C1=NN(C)N(C)N1)N1CCC(N(C)C)CC1. The number of guanidine groups is 1. The summed E-state index contributed by atoms with van der Waals surface area (Å²) in [5.41, 5.74) is -0.514. The number of alkyl halides is 9. The molecule has 2 aliphatic heterocycles. The lowest BCUT2D eigenvalue weighted by Crippen LogP contribution is -2.45. The van der Waals surface area contributed by atoms with Crippen molar-refractivity contribution >= 4 is 5.96 Å². The van der Waals surface area contributed by atoms with E-state index in [-0.39, 0.29) is 35.7 Å². The summed E-state index contributed by atoms with van der Waals surface area (Å²) < 4.78 is 124. The lowest BCUT2D eigenvalue weighted by atomic mass is 9.92. The molecule has 1 N–H and O–H groups in total. The molecule has 0 bridgehead atoms. The Morgan fingerprint density at radius 2 is 1.39 bits per heavy atom. The van der Waals surface area contributed by atoms with E-state index < -0.39 is 41.8 Å². The van der Waals surface area contributed by atoms with Crippen LogP contribution >= 0.6 is 0 Å². The summed E-state index contributed by atoms with van der Waals surface area (Å²) in [7, 11) is 7.11. The first-order valence-corrected chi connectivity index (χ1v) is 14.7. The van der Waals surface area contributed by atoms with Gasteiger partial charge >= 0.3 is 18.5 Å². The van der Waals surface area contributed by atoms with Crippen molar-refractivity contribution in [1.82, 2.24) is 30.4 Å². The number of likely N-dealkylation sites (tertiary alicyclic amines) is 1. The highest BCUT2D eigenvalue weighted by Crippen LogP contribution is 2.38. The van der Waals surface area contributed by atoms with Crippen LogP contribution in [0.3, 0.4) is 0 Å². The van der Waals surface area contributed by atoms with Gasteiger partial charge < -0.3 is 9.80 Å². The zero-order chi connectivity index (χ0) is 34.2. The second kappa shape index (κ2) is 13.5. The van der Waals surface area contributed by atoms with Gasteiger partial charge in [-0.3, -0.25) is 10.3 Å². The molecule has 0 radical (unpaired) electrons. The summed E-state index contributed by atoms with van der Waals surface area (Å²) in [6.07, 6.45) is -12.5. The first-order chi connectivity index (χ1) is 21.3. The molecule has 1 fully saturated rings. The Morgan fingerprint density at radius 3 is 1.85 bits per heavy atom. The van der Waals surface area contributed by atoms with Gasteiger partial charge in [0.05, 0.1) is 16.7 Å². The number of hydrogen-bond acceptors (Lipinski definition) is 7. The second-order valence-electron chi connectivity index (χ2n) is 11.9. The maximum Gasteiger partial charge on any atom is 0.416 e. The number of rotatable bonds is 8. The zero-order valence-corrected chi connectivity index (χ0v) is 26.2. The number of hydrazone groups is 1. The van der Waals surface area contributed by atoms with Crippen molar-refractivity contribution in [3.8, 4) is 0 Å². The smallest absolute Gasteiger partial charge is 0.332 e. The van der Waals surface area contributed by atoms with Gasteiger partial charge in [0, 0.05) is 52.4 Å². The molecule has 7 nitrogen and oxygen atoms in total. The van der Waals surface area contributed by atoms with Gasteiger partial charge in [0.15, 0.2) is 0 Å². The van der Waals surface area contributed by atoms with Crippen LogP contribution in [-0.4, -0.2) is 78.2 Å². The van der Waals surface area contributed by atoms with Crippen LogP contribution in [0, 0.1) is 0 Å². The average Bonchev–Trinajstić information content (AvgIpc) is 3.30. The number of nitrogens with zero attached hydrogens (tertiary/aromatic N) is 6. The van der Waals surface area contributed by atoms with Crippen LogP contribution in [0.25, 0.3) is 0 Å². The molecule has 46 heavy (non-hydrogen) atoms. The molecule has 256 valence electrons. The second-order valence-corrected chi connectivity index (χ2v) is 11.9. The van der Waals surface area contributed by atoms with Crippen LogP contribution in [0.4, 0.5) is 39.5 Å². The van der Waals surface area contributed by atoms with Crippen molar-refractivity contribution in [2.24, 2.45) is 5.10 Å². The molecule has 0 aromatic heterocycles. The van der Waals surface area contributed by atoms with E-state index in [0.29, 0.717) is 43.2 Å². The third kappa shape index (κ3) is 8.37. The highest BCUT2D eigenvalue weighted by Gasteiger charge is 2.38. The van der Waals surface area contributed by atoms with E-state index >= 15 is 0 Å². The molecule has 0 spiro atoms. The molecular weight excluding hydrogens is 629 g/mol. The molecule has 2 heterocycles. The van der Waals surface area contributed by atoms with E-state index in [1.807, 2.05) is 21.0 Å². The van der Waals surface area contributed by atoms with E-state index in [0.717, 1.165) is 25.0 Å². The largest absolute Gasteiger partial charge is 0.416 e. The predicted octanol–water partition coefficient (Wildman–Crippen LogP) is 6.79. The van der Waals surface area contributed by atoms with Crippen LogP contribution in [0.15, 0.2) is 41.5 Å². The fourth-order valence-electron chi connectivity index (χ4n) is 5.95. The maximum absolute atomic E-state index is 14.0.